The maximum absolute atomic E-state index is 11.1. The average molecular weight is 237 g/mol. The minimum Gasteiger partial charge on any atom is -0.371 e. The fourth-order valence-electron chi connectivity index (χ4n) is 1.15. The minimum absolute atomic E-state index is 0. The Labute approximate surface area is 97.3 Å². The van der Waals surface area contributed by atoms with Crippen molar-refractivity contribution in [1.29, 1.82) is 0 Å². The molecule has 0 spiro atoms. The molecule has 0 aromatic heterocycles. The van der Waals surface area contributed by atoms with E-state index < -0.39 is 0 Å². The van der Waals surface area contributed by atoms with Crippen molar-refractivity contribution in [1.82, 2.24) is 5.32 Å². The molecular weight excluding hydrogens is 216 g/mol. The zero-order chi connectivity index (χ0) is 10.2. The van der Waals surface area contributed by atoms with E-state index in [0.29, 0.717) is 13.1 Å². The molecule has 5 heteroatoms. The van der Waals surface area contributed by atoms with E-state index in [0.717, 1.165) is 25.4 Å². The van der Waals surface area contributed by atoms with Gasteiger partial charge in [-0.2, -0.15) is 0 Å². The third kappa shape index (κ3) is 8.66. The lowest BCUT2D eigenvalue weighted by molar-refractivity contribution is -0.125. The van der Waals surface area contributed by atoms with Gasteiger partial charge in [-0.15, -0.1) is 12.4 Å². The van der Waals surface area contributed by atoms with E-state index >= 15 is 0 Å². The van der Waals surface area contributed by atoms with E-state index in [1.54, 1.807) is 0 Å². The minimum atomic E-state index is -0.0114. The van der Waals surface area contributed by atoms with Crippen molar-refractivity contribution < 1.29 is 9.53 Å². The quantitative estimate of drug-likeness (QED) is 0.610. The lowest BCUT2D eigenvalue weighted by Gasteiger charge is -2.05. The van der Waals surface area contributed by atoms with Crippen LogP contribution in [0.25, 0.3) is 0 Å². The molecule has 0 aromatic carbocycles. The highest BCUT2D eigenvalue weighted by Gasteiger charge is 2.21. The zero-order valence-electron chi connectivity index (χ0n) is 9.04. The Morgan fingerprint density at radius 1 is 1.40 bits per heavy atom. The van der Waals surface area contributed by atoms with Crippen molar-refractivity contribution in [3.63, 3.8) is 0 Å². The zero-order valence-corrected chi connectivity index (χ0v) is 9.85. The molecule has 1 saturated carbocycles. The largest absolute Gasteiger partial charge is 0.371 e. The monoisotopic (exact) mass is 236 g/mol. The lowest BCUT2D eigenvalue weighted by atomic mass is 10.3. The number of carbonyl (C=O) groups excluding carboxylic acids is 1. The summed E-state index contributed by atoms with van der Waals surface area (Å²) in [5.74, 6) is 0.711. The Morgan fingerprint density at radius 2 is 2.13 bits per heavy atom. The number of hydrogen-bond acceptors (Lipinski definition) is 3. The van der Waals surface area contributed by atoms with Crippen LogP contribution in [-0.4, -0.2) is 32.2 Å². The molecule has 0 atom stereocenters. The fraction of sp³-hybridized carbons (Fsp3) is 0.900. The molecule has 1 amide bonds. The van der Waals surface area contributed by atoms with Gasteiger partial charge in [-0.3, -0.25) is 4.79 Å². The van der Waals surface area contributed by atoms with Crippen LogP contribution in [-0.2, 0) is 9.53 Å². The van der Waals surface area contributed by atoms with Crippen LogP contribution in [0.4, 0.5) is 0 Å². The molecule has 0 radical (unpaired) electrons. The van der Waals surface area contributed by atoms with Crippen LogP contribution < -0.4 is 11.1 Å². The summed E-state index contributed by atoms with van der Waals surface area (Å²) >= 11 is 0. The van der Waals surface area contributed by atoms with Gasteiger partial charge in [0.25, 0.3) is 0 Å². The summed E-state index contributed by atoms with van der Waals surface area (Å²) in [5.41, 5.74) is 5.33. The van der Waals surface area contributed by atoms with Gasteiger partial charge in [0.1, 0.15) is 6.61 Å². The molecule has 1 fully saturated rings. The molecule has 4 nitrogen and oxygen atoms in total. The van der Waals surface area contributed by atoms with Crippen LogP contribution in [0.5, 0.6) is 0 Å². The number of unbranched alkanes of at least 4 members (excludes halogenated alkanes) is 1. The Bertz CT molecular complexity index is 175. The van der Waals surface area contributed by atoms with Crippen LogP contribution in [0.1, 0.15) is 25.7 Å². The molecule has 0 bridgehead atoms. The number of amides is 1. The second kappa shape index (κ2) is 8.95. The van der Waals surface area contributed by atoms with Gasteiger partial charge < -0.3 is 15.8 Å². The summed E-state index contributed by atoms with van der Waals surface area (Å²) in [7, 11) is 0. The van der Waals surface area contributed by atoms with Crippen LogP contribution in [0.15, 0.2) is 0 Å². The maximum atomic E-state index is 11.1. The van der Waals surface area contributed by atoms with E-state index in [4.69, 9.17) is 10.5 Å². The predicted octanol–water partition coefficient (Wildman–Crippen LogP) is 0.690. The Kier molecular flexibility index (Phi) is 8.76. The fourth-order valence-corrected chi connectivity index (χ4v) is 1.15. The second-order valence-corrected chi connectivity index (χ2v) is 3.80. The van der Waals surface area contributed by atoms with Crippen LogP contribution >= 0.6 is 12.4 Å². The lowest BCUT2D eigenvalue weighted by Crippen LogP contribution is -2.29. The summed E-state index contributed by atoms with van der Waals surface area (Å²) in [4.78, 5) is 11.1. The molecule has 3 N–H and O–H groups in total. The normalized spacial score (nSPS) is 14.5. The molecule has 0 aromatic rings. The molecule has 0 saturated heterocycles. The molecule has 15 heavy (non-hydrogen) atoms. The number of halogens is 1. The molecular formula is C10H21ClN2O2. The first-order chi connectivity index (χ1) is 6.83. The number of hydrogen-bond donors (Lipinski definition) is 2. The van der Waals surface area contributed by atoms with Gasteiger partial charge in [-0.25, -0.2) is 0 Å². The molecule has 1 aliphatic carbocycles. The van der Waals surface area contributed by atoms with Crippen molar-refractivity contribution in [2.24, 2.45) is 11.7 Å². The van der Waals surface area contributed by atoms with Gasteiger partial charge in [-0.05, 0) is 38.1 Å². The smallest absolute Gasteiger partial charge is 0.245 e. The second-order valence-electron chi connectivity index (χ2n) is 3.80. The topological polar surface area (TPSA) is 64.3 Å². The highest BCUT2D eigenvalue weighted by atomic mass is 35.5. The van der Waals surface area contributed by atoms with E-state index in [1.165, 1.54) is 12.8 Å². The first-order valence-corrected chi connectivity index (χ1v) is 5.37. The van der Waals surface area contributed by atoms with E-state index in [2.05, 4.69) is 5.32 Å². The Hall–Kier alpha value is -0.320. The predicted molar refractivity (Wildman–Crippen MR) is 62.1 cm³/mol. The molecule has 0 heterocycles. The highest BCUT2D eigenvalue weighted by Crippen LogP contribution is 2.28. The van der Waals surface area contributed by atoms with Gasteiger partial charge >= 0.3 is 0 Å². The van der Waals surface area contributed by atoms with E-state index in [1.807, 2.05) is 0 Å². The first-order valence-electron chi connectivity index (χ1n) is 5.37. The van der Waals surface area contributed by atoms with Crippen LogP contribution in [0.3, 0.4) is 0 Å². The number of nitrogens with one attached hydrogen (secondary N) is 1. The summed E-state index contributed by atoms with van der Waals surface area (Å²) in [6.07, 6.45) is 4.43. The third-order valence-electron chi connectivity index (χ3n) is 2.24. The first kappa shape index (κ1) is 14.7. The third-order valence-corrected chi connectivity index (χ3v) is 2.24. The summed E-state index contributed by atoms with van der Waals surface area (Å²) < 4.78 is 5.24. The van der Waals surface area contributed by atoms with Gasteiger partial charge in [0.05, 0.1) is 6.61 Å². The average Bonchev–Trinajstić information content (AvgIpc) is 2.96. The summed E-state index contributed by atoms with van der Waals surface area (Å²) in [6, 6.07) is 0. The van der Waals surface area contributed by atoms with E-state index in [-0.39, 0.29) is 24.9 Å². The van der Waals surface area contributed by atoms with Gasteiger partial charge in [0.15, 0.2) is 0 Å². The number of carbonyl (C=O) groups is 1. The van der Waals surface area contributed by atoms with Gasteiger partial charge in [0, 0.05) is 6.54 Å². The van der Waals surface area contributed by atoms with Crippen molar-refractivity contribution in [2.75, 3.05) is 26.3 Å². The highest BCUT2D eigenvalue weighted by molar-refractivity contribution is 5.85. The van der Waals surface area contributed by atoms with E-state index in [9.17, 15) is 4.79 Å². The summed E-state index contributed by atoms with van der Waals surface area (Å²) in [6.45, 7) is 2.35. The standard InChI is InChI=1S/C10H20N2O2.ClH/c11-5-1-2-6-12-10(13)8-14-7-9-3-4-9;/h9H,1-8,11H2,(H,12,13);1H. The molecule has 0 aliphatic heterocycles. The number of nitrogens with two attached hydrogens (primary N) is 1. The summed E-state index contributed by atoms with van der Waals surface area (Å²) in [5, 5.41) is 2.79. The molecule has 90 valence electrons. The molecule has 1 rings (SSSR count). The van der Waals surface area contributed by atoms with Gasteiger partial charge in [0.2, 0.25) is 5.91 Å². The van der Waals surface area contributed by atoms with Crippen LogP contribution in [0, 0.1) is 5.92 Å². The number of ether oxygens (including phenoxy) is 1. The maximum Gasteiger partial charge on any atom is 0.245 e. The van der Waals surface area contributed by atoms with Crippen molar-refractivity contribution >= 4 is 18.3 Å². The Morgan fingerprint density at radius 3 is 2.73 bits per heavy atom. The van der Waals surface area contributed by atoms with Gasteiger partial charge in [-0.1, -0.05) is 0 Å². The Balaban J connectivity index is 0.00000196. The molecule has 0 unspecified atom stereocenters. The van der Waals surface area contributed by atoms with Crippen LogP contribution in [0.2, 0.25) is 0 Å². The molecule has 1 aliphatic rings. The number of rotatable bonds is 8. The van der Waals surface area contributed by atoms with Crippen molar-refractivity contribution in [2.45, 2.75) is 25.7 Å². The van der Waals surface area contributed by atoms with Crippen molar-refractivity contribution in [3.8, 4) is 0 Å². The van der Waals surface area contributed by atoms with Crippen molar-refractivity contribution in [3.05, 3.63) is 0 Å². The SMILES string of the molecule is Cl.NCCCCNC(=O)COCC1CC1.